The first-order valence-electron chi connectivity index (χ1n) is 11.3. The van der Waals surface area contributed by atoms with Crippen molar-refractivity contribution in [3.8, 4) is 28.3 Å². The van der Waals surface area contributed by atoms with Gasteiger partial charge in [0, 0.05) is 17.2 Å². The van der Waals surface area contributed by atoms with Gasteiger partial charge in [-0.05, 0) is 42.5 Å². The molecule has 3 aromatic carbocycles. The molecule has 4 aromatic rings. The SMILES string of the molecule is Cc1ccccc1-c1ccccc1C(Oc1cnc(-c2ccc(C[C@H](C)N)cc2)cn1)C(F)(F)F. The summed E-state index contributed by atoms with van der Waals surface area (Å²) < 4.78 is 47.9. The summed E-state index contributed by atoms with van der Waals surface area (Å²) in [6, 6.07) is 21.4. The molecule has 35 heavy (non-hydrogen) atoms. The fourth-order valence-corrected chi connectivity index (χ4v) is 3.98. The van der Waals surface area contributed by atoms with Crippen LogP contribution in [0.25, 0.3) is 22.4 Å². The fraction of sp³-hybridized carbons (Fsp3) is 0.214. The summed E-state index contributed by atoms with van der Waals surface area (Å²) in [6.45, 7) is 3.80. The molecular formula is C28H26F3N3O. The molecule has 0 aliphatic heterocycles. The summed E-state index contributed by atoms with van der Waals surface area (Å²) >= 11 is 0. The second-order valence-electron chi connectivity index (χ2n) is 8.56. The highest BCUT2D eigenvalue weighted by atomic mass is 19.4. The number of nitrogens with two attached hydrogens (primary N) is 1. The first-order valence-corrected chi connectivity index (χ1v) is 11.3. The Morgan fingerprint density at radius 2 is 1.51 bits per heavy atom. The molecule has 0 aliphatic carbocycles. The molecule has 7 heteroatoms. The quantitative estimate of drug-likeness (QED) is 0.322. The third-order valence-electron chi connectivity index (χ3n) is 5.65. The van der Waals surface area contributed by atoms with E-state index in [9.17, 15) is 13.2 Å². The van der Waals surface area contributed by atoms with Gasteiger partial charge in [-0.25, -0.2) is 9.97 Å². The molecule has 180 valence electrons. The summed E-state index contributed by atoms with van der Waals surface area (Å²) in [5.41, 5.74) is 10.3. The third-order valence-corrected chi connectivity index (χ3v) is 5.65. The summed E-state index contributed by atoms with van der Waals surface area (Å²) in [5.74, 6) is -0.204. The number of hydrogen-bond acceptors (Lipinski definition) is 4. The molecule has 0 spiro atoms. The van der Waals surface area contributed by atoms with Gasteiger partial charge < -0.3 is 10.5 Å². The Morgan fingerprint density at radius 1 is 0.857 bits per heavy atom. The third kappa shape index (κ3) is 5.87. The number of nitrogens with zero attached hydrogens (tertiary/aromatic N) is 2. The largest absolute Gasteiger partial charge is 0.459 e. The van der Waals surface area contributed by atoms with E-state index in [4.69, 9.17) is 10.5 Å². The molecule has 1 unspecified atom stereocenters. The first kappa shape index (κ1) is 24.4. The van der Waals surface area contributed by atoms with Crippen molar-refractivity contribution in [1.82, 2.24) is 9.97 Å². The summed E-state index contributed by atoms with van der Waals surface area (Å²) in [7, 11) is 0. The Labute approximate surface area is 202 Å². The molecule has 0 radical (unpaired) electrons. The average Bonchev–Trinajstić information content (AvgIpc) is 2.83. The highest BCUT2D eigenvalue weighted by molar-refractivity contribution is 5.71. The zero-order valence-corrected chi connectivity index (χ0v) is 19.5. The molecule has 2 N–H and O–H groups in total. The van der Waals surface area contributed by atoms with Gasteiger partial charge in [0.25, 0.3) is 0 Å². The molecule has 0 aliphatic rings. The zero-order valence-electron chi connectivity index (χ0n) is 19.5. The lowest BCUT2D eigenvalue weighted by Gasteiger charge is -2.24. The van der Waals surface area contributed by atoms with Gasteiger partial charge in [-0.3, -0.25) is 0 Å². The van der Waals surface area contributed by atoms with Crippen molar-refractivity contribution in [2.24, 2.45) is 5.73 Å². The summed E-state index contributed by atoms with van der Waals surface area (Å²) in [6.07, 6.45) is -3.47. The van der Waals surface area contributed by atoms with Gasteiger partial charge in [-0.15, -0.1) is 0 Å². The topological polar surface area (TPSA) is 61.0 Å². The summed E-state index contributed by atoms with van der Waals surface area (Å²) in [5, 5.41) is 0. The molecule has 4 nitrogen and oxygen atoms in total. The van der Waals surface area contributed by atoms with E-state index in [1.54, 1.807) is 30.3 Å². The Kier molecular flexibility index (Phi) is 7.17. The van der Waals surface area contributed by atoms with Gasteiger partial charge in [0.1, 0.15) is 0 Å². The van der Waals surface area contributed by atoms with Crippen LogP contribution in [0.4, 0.5) is 13.2 Å². The summed E-state index contributed by atoms with van der Waals surface area (Å²) in [4.78, 5) is 8.40. The second-order valence-corrected chi connectivity index (χ2v) is 8.56. The van der Waals surface area contributed by atoms with Crippen LogP contribution in [0.2, 0.25) is 0 Å². The molecule has 1 aromatic heterocycles. The van der Waals surface area contributed by atoms with Crippen molar-refractivity contribution in [1.29, 1.82) is 0 Å². The fourth-order valence-electron chi connectivity index (χ4n) is 3.98. The first-order chi connectivity index (χ1) is 16.7. The number of hydrogen-bond donors (Lipinski definition) is 1. The van der Waals surface area contributed by atoms with Crippen molar-refractivity contribution in [3.63, 3.8) is 0 Å². The van der Waals surface area contributed by atoms with E-state index >= 15 is 0 Å². The van der Waals surface area contributed by atoms with E-state index in [2.05, 4.69) is 9.97 Å². The van der Waals surface area contributed by atoms with Crippen LogP contribution >= 0.6 is 0 Å². The maximum absolute atomic E-state index is 14.2. The van der Waals surface area contributed by atoms with Crippen LogP contribution in [0.5, 0.6) is 5.88 Å². The molecule has 1 heterocycles. The lowest BCUT2D eigenvalue weighted by Crippen LogP contribution is -2.27. The molecule has 0 saturated carbocycles. The Hall–Kier alpha value is -3.71. The van der Waals surface area contributed by atoms with E-state index in [1.165, 1.54) is 18.5 Å². The van der Waals surface area contributed by atoms with E-state index < -0.39 is 12.3 Å². The normalized spacial score (nSPS) is 13.3. The van der Waals surface area contributed by atoms with Gasteiger partial charge in [0.15, 0.2) is 0 Å². The lowest BCUT2D eigenvalue weighted by atomic mass is 9.93. The van der Waals surface area contributed by atoms with Crippen molar-refractivity contribution >= 4 is 0 Å². The predicted octanol–water partition coefficient (Wildman–Crippen LogP) is 6.69. The predicted molar refractivity (Wildman–Crippen MR) is 131 cm³/mol. The Bertz CT molecular complexity index is 1270. The number of aromatic nitrogens is 2. The lowest BCUT2D eigenvalue weighted by molar-refractivity contribution is -0.198. The van der Waals surface area contributed by atoms with Crippen LogP contribution in [0.15, 0.2) is 85.2 Å². The van der Waals surface area contributed by atoms with E-state index in [1.807, 2.05) is 50.2 Å². The van der Waals surface area contributed by atoms with Gasteiger partial charge in [0.2, 0.25) is 12.0 Å². The number of rotatable bonds is 7. The number of aryl methyl sites for hydroxylation is 1. The van der Waals surface area contributed by atoms with Crippen LogP contribution in [0.3, 0.4) is 0 Å². The molecule has 0 amide bonds. The molecule has 4 rings (SSSR count). The van der Waals surface area contributed by atoms with Crippen molar-refractivity contribution in [2.75, 3.05) is 0 Å². The van der Waals surface area contributed by atoms with Gasteiger partial charge in [-0.1, -0.05) is 72.8 Å². The maximum atomic E-state index is 14.2. The minimum Gasteiger partial charge on any atom is -0.459 e. The van der Waals surface area contributed by atoms with Crippen LogP contribution < -0.4 is 10.5 Å². The minimum absolute atomic E-state index is 0.0184. The van der Waals surface area contributed by atoms with Crippen molar-refractivity contribution in [3.05, 3.63) is 102 Å². The monoisotopic (exact) mass is 477 g/mol. The minimum atomic E-state index is -4.66. The highest BCUT2D eigenvalue weighted by Gasteiger charge is 2.44. The Balaban J connectivity index is 1.61. The number of alkyl halides is 3. The smallest absolute Gasteiger partial charge is 0.429 e. The molecule has 0 saturated heterocycles. The maximum Gasteiger partial charge on any atom is 0.429 e. The van der Waals surface area contributed by atoms with Crippen LogP contribution in [-0.4, -0.2) is 22.2 Å². The van der Waals surface area contributed by atoms with Crippen LogP contribution in [0, 0.1) is 6.92 Å². The molecule has 0 fully saturated rings. The van der Waals surface area contributed by atoms with E-state index in [-0.39, 0.29) is 17.5 Å². The Morgan fingerprint density at radius 3 is 2.11 bits per heavy atom. The zero-order chi connectivity index (χ0) is 25.0. The molecular weight excluding hydrogens is 451 g/mol. The highest BCUT2D eigenvalue weighted by Crippen LogP contribution is 2.41. The van der Waals surface area contributed by atoms with Gasteiger partial charge in [0.05, 0.1) is 18.1 Å². The van der Waals surface area contributed by atoms with E-state index in [0.717, 1.165) is 28.7 Å². The van der Waals surface area contributed by atoms with Crippen molar-refractivity contribution in [2.45, 2.75) is 38.6 Å². The standard InChI is InChI=1S/C28H26F3N3O/c1-18-7-3-4-8-22(18)23-9-5-6-10-24(23)27(28(29,30)31)35-26-17-33-25(16-34-26)21-13-11-20(12-14-21)15-19(2)32/h3-14,16-17,19,27H,15,32H2,1-2H3/t19-,27?/m0/s1. The van der Waals surface area contributed by atoms with Crippen LogP contribution in [-0.2, 0) is 6.42 Å². The van der Waals surface area contributed by atoms with Crippen molar-refractivity contribution < 1.29 is 17.9 Å². The van der Waals surface area contributed by atoms with E-state index in [0.29, 0.717) is 11.3 Å². The number of halogens is 3. The number of ether oxygens (including phenoxy) is 1. The second kappa shape index (κ2) is 10.3. The number of benzene rings is 3. The molecule has 0 bridgehead atoms. The average molecular weight is 478 g/mol. The van der Waals surface area contributed by atoms with Gasteiger partial charge >= 0.3 is 6.18 Å². The van der Waals surface area contributed by atoms with Crippen LogP contribution in [0.1, 0.15) is 29.7 Å². The molecule has 2 atom stereocenters. The van der Waals surface area contributed by atoms with Gasteiger partial charge in [-0.2, -0.15) is 13.2 Å².